The van der Waals surface area contributed by atoms with Gasteiger partial charge in [-0.25, -0.2) is 17.5 Å². The summed E-state index contributed by atoms with van der Waals surface area (Å²) in [5.41, 5.74) is 2.74. The van der Waals surface area contributed by atoms with Crippen LogP contribution in [0, 0.1) is 12.7 Å². The zero-order chi connectivity index (χ0) is 23.6. The Labute approximate surface area is 193 Å². The number of hydrogen-bond donors (Lipinski definition) is 1. The third kappa shape index (κ3) is 4.69. The number of hydrogen-bond acceptors (Lipinski definition) is 4. The highest BCUT2D eigenvalue weighted by atomic mass is 32.2. The predicted molar refractivity (Wildman–Crippen MR) is 125 cm³/mol. The minimum absolute atomic E-state index is 0.208. The topological polar surface area (TPSA) is 84.3 Å². The summed E-state index contributed by atoms with van der Waals surface area (Å²) in [5, 5.41) is 7.13. The van der Waals surface area contributed by atoms with Gasteiger partial charge >= 0.3 is 0 Å². The van der Waals surface area contributed by atoms with Crippen molar-refractivity contribution in [3.8, 4) is 5.69 Å². The van der Waals surface area contributed by atoms with E-state index in [9.17, 15) is 17.6 Å². The van der Waals surface area contributed by atoms with Gasteiger partial charge in [0.2, 0.25) is 10.0 Å². The molecule has 0 spiro atoms. The van der Waals surface area contributed by atoms with Crippen LogP contribution in [0.5, 0.6) is 0 Å². The smallest absolute Gasteiger partial charge is 0.259 e. The molecule has 0 saturated carbocycles. The number of sulfonamides is 1. The standard InChI is InChI=1S/C24H27FN4O3S/c1-3-22-21(16-26-29(22)20-11-8-18(25)9-12-20)24(30)27-19-10-7-17(2)23(15-19)33(31,32)28-13-5-4-6-14-28/h7-12,15-16H,3-6,13-14H2,1-2H3,(H,27,30). The lowest BCUT2D eigenvalue weighted by Gasteiger charge is -2.26. The average Bonchev–Trinajstić information content (AvgIpc) is 3.25. The van der Waals surface area contributed by atoms with Crippen LogP contribution in [0.25, 0.3) is 5.69 Å². The highest BCUT2D eigenvalue weighted by molar-refractivity contribution is 7.89. The Bertz CT molecular complexity index is 1260. The predicted octanol–water partition coefficient (Wildman–Crippen LogP) is 4.31. The second kappa shape index (κ2) is 9.44. The number of carbonyl (C=O) groups excluding carboxylic acids is 1. The van der Waals surface area contributed by atoms with Gasteiger partial charge in [-0.1, -0.05) is 19.4 Å². The molecule has 4 rings (SSSR count). The Balaban J connectivity index is 1.61. The number of aryl methyl sites for hydroxylation is 1. The van der Waals surface area contributed by atoms with Crippen molar-refractivity contribution in [3.63, 3.8) is 0 Å². The van der Waals surface area contributed by atoms with E-state index in [2.05, 4.69) is 10.4 Å². The summed E-state index contributed by atoms with van der Waals surface area (Å²) in [4.78, 5) is 13.3. The lowest BCUT2D eigenvalue weighted by Crippen LogP contribution is -2.36. The van der Waals surface area contributed by atoms with Gasteiger partial charge in [-0.15, -0.1) is 0 Å². The van der Waals surface area contributed by atoms with Crippen molar-refractivity contribution in [1.29, 1.82) is 0 Å². The van der Waals surface area contributed by atoms with E-state index >= 15 is 0 Å². The van der Waals surface area contributed by atoms with Gasteiger partial charge in [0.1, 0.15) is 5.82 Å². The number of halogens is 1. The Morgan fingerprint density at radius 2 is 1.79 bits per heavy atom. The number of nitrogens with zero attached hydrogens (tertiary/aromatic N) is 3. The van der Waals surface area contributed by atoms with Crippen LogP contribution in [0.3, 0.4) is 0 Å². The first-order valence-electron chi connectivity index (χ1n) is 11.1. The number of benzene rings is 2. The molecule has 3 aromatic rings. The van der Waals surface area contributed by atoms with E-state index in [1.54, 1.807) is 35.9 Å². The molecule has 0 atom stereocenters. The molecular formula is C24H27FN4O3S. The number of amides is 1. The minimum atomic E-state index is -3.63. The molecule has 0 aliphatic carbocycles. The molecule has 0 radical (unpaired) electrons. The van der Waals surface area contributed by atoms with Gasteiger partial charge in [-0.3, -0.25) is 4.79 Å². The third-order valence-electron chi connectivity index (χ3n) is 5.90. The maximum Gasteiger partial charge on any atom is 0.259 e. The second-order valence-corrected chi connectivity index (χ2v) is 10.1. The fourth-order valence-electron chi connectivity index (χ4n) is 4.11. The molecule has 1 aromatic heterocycles. The first kappa shape index (κ1) is 23.1. The van der Waals surface area contributed by atoms with Crippen LogP contribution >= 0.6 is 0 Å². The van der Waals surface area contributed by atoms with E-state index < -0.39 is 10.0 Å². The summed E-state index contributed by atoms with van der Waals surface area (Å²) in [7, 11) is -3.63. The molecule has 1 saturated heterocycles. The average molecular weight is 471 g/mol. The van der Waals surface area contributed by atoms with Crippen molar-refractivity contribution in [2.24, 2.45) is 0 Å². The molecule has 33 heavy (non-hydrogen) atoms. The summed E-state index contributed by atoms with van der Waals surface area (Å²) in [6.07, 6.45) is 4.74. The van der Waals surface area contributed by atoms with E-state index in [1.165, 1.54) is 28.7 Å². The minimum Gasteiger partial charge on any atom is -0.322 e. The monoisotopic (exact) mass is 470 g/mol. The third-order valence-corrected chi connectivity index (χ3v) is 7.94. The van der Waals surface area contributed by atoms with E-state index in [1.807, 2.05) is 6.92 Å². The molecule has 9 heteroatoms. The zero-order valence-corrected chi connectivity index (χ0v) is 19.5. The van der Waals surface area contributed by atoms with Crippen molar-refractivity contribution in [2.45, 2.75) is 44.4 Å². The van der Waals surface area contributed by atoms with E-state index in [0.29, 0.717) is 47.7 Å². The summed E-state index contributed by atoms with van der Waals surface area (Å²) >= 11 is 0. The van der Waals surface area contributed by atoms with Crippen molar-refractivity contribution in [2.75, 3.05) is 18.4 Å². The number of carbonyl (C=O) groups is 1. The highest BCUT2D eigenvalue weighted by Crippen LogP contribution is 2.26. The molecule has 0 unspecified atom stereocenters. The van der Waals surface area contributed by atoms with Gasteiger partial charge in [0.05, 0.1) is 28.0 Å². The number of piperidine rings is 1. The number of anilines is 1. The van der Waals surface area contributed by atoms with Crippen LogP contribution in [-0.4, -0.2) is 41.5 Å². The quantitative estimate of drug-likeness (QED) is 0.582. The maximum atomic E-state index is 13.3. The molecule has 1 amide bonds. The number of nitrogens with one attached hydrogen (secondary N) is 1. The fraction of sp³-hybridized carbons (Fsp3) is 0.333. The molecule has 1 N–H and O–H groups in total. The highest BCUT2D eigenvalue weighted by Gasteiger charge is 2.28. The molecule has 1 aliphatic rings. The molecule has 174 valence electrons. The Hall–Kier alpha value is -3.04. The van der Waals surface area contributed by atoms with Crippen LogP contribution in [0.2, 0.25) is 0 Å². The van der Waals surface area contributed by atoms with Crippen molar-refractivity contribution >= 4 is 21.6 Å². The summed E-state index contributed by atoms with van der Waals surface area (Å²) < 4.78 is 42.8. The molecule has 2 aromatic carbocycles. The van der Waals surface area contributed by atoms with Gasteiger partial charge in [-0.05, 0) is 68.1 Å². The molecule has 2 heterocycles. The van der Waals surface area contributed by atoms with Crippen LogP contribution in [0.4, 0.5) is 10.1 Å². The van der Waals surface area contributed by atoms with Crippen LogP contribution in [-0.2, 0) is 16.4 Å². The van der Waals surface area contributed by atoms with E-state index in [4.69, 9.17) is 0 Å². The van der Waals surface area contributed by atoms with Crippen molar-refractivity contribution < 1.29 is 17.6 Å². The lowest BCUT2D eigenvalue weighted by molar-refractivity contribution is 0.102. The van der Waals surface area contributed by atoms with Crippen molar-refractivity contribution in [3.05, 3.63) is 71.3 Å². The first-order chi connectivity index (χ1) is 15.8. The van der Waals surface area contributed by atoms with Gasteiger partial charge in [0.25, 0.3) is 5.91 Å². The Morgan fingerprint density at radius 3 is 2.45 bits per heavy atom. The Kier molecular flexibility index (Phi) is 6.62. The Morgan fingerprint density at radius 1 is 1.09 bits per heavy atom. The first-order valence-corrected chi connectivity index (χ1v) is 12.5. The molecular weight excluding hydrogens is 443 g/mol. The maximum absolute atomic E-state index is 13.3. The second-order valence-electron chi connectivity index (χ2n) is 8.15. The van der Waals surface area contributed by atoms with Gasteiger partial charge in [0.15, 0.2) is 0 Å². The molecule has 0 bridgehead atoms. The molecule has 1 fully saturated rings. The normalized spacial score (nSPS) is 14.9. The van der Waals surface area contributed by atoms with Gasteiger partial charge in [-0.2, -0.15) is 9.40 Å². The van der Waals surface area contributed by atoms with Crippen LogP contribution in [0.1, 0.15) is 47.8 Å². The lowest BCUT2D eigenvalue weighted by atomic mass is 10.1. The molecule has 1 aliphatic heterocycles. The molecule has 7 nitrogen and oxygen atoms in total. The fourth-order valence-corrected chi connectivity index (χ4v) is 5.87. The summed E-state index contributed by atoms with van der Waals surface area (Å²) in [5.74, 6) is -0.734. The van der Waals surface area contributed by atoms with Gasteiger partial charge in [0, 0.05) is 18.8 Å². The number of aromatic nitrogens is 2. The van der Waals surface area contributed by atoms with Crippen LogP contribution < -0.4 is 5.32 Å². The van der Waals surface area contributed by atoms with E-state index in [-0.39, 0.29) is 16.6 Å². The van der Waals surface area contributed by atoms with E-state index in [0.717, 1.165) is 19.3 Å². The van der Waals surface area contributed by atoms with Crippen LogP contribution in [0.15, 0.2) is 53.6 Å². The summed E-state index contributed by atoms with van der Waals surface area (Å²) in [6, 6.07) is 10.8. The van der Waals surface area contributed by atoms with Crippen molar-refractivity contribution in [1.82, 2.24) is 14.1 Å². The van der Waals surface area contributed by atoms with Gasteiger partial charge < -0.3 is 5.32 Å². The SMILES string of the molecule is CCc1c(C(=O)Nc2ccc(C)c(S(=O)(=O)N3CCCCC3)c2)cnn1-c1ccc(F)cc1. The summed E-state index contributed by atoms with van der Waals surface area (Å²) in [6.45, 7) is 4.69. The largest absolute Gasteiger partial charge is 0.322 e. The number of rotatable bonds is 6. The zero-order valence-electron chi connectivity index (χ0n) is 18.7.